The van der Waals surface area contributed by atoms with Crippen molar-refractivity contribution in [1.82, 2.24) is 5.32 Å². The van der Waals surface area contributed by atoms with Gasteiger partial charge in [0.05, 0.1) is 25.4 Å². The van der Waals surface area contributed by atoms with Crippen LogP contribution in [-0.4, -0.2) is 47.4 Å². The summed E-state index contributed by atoms with van der Waals surface area (Å²) < 4.78 is 5.44. The lowest BCUT2D eigenvalue weighted by Crippen LogP contribution is -2.45. The summed E-state index contributed by atoms with van der Waals surface area (Å²) in [6.07, 6.45) is 57.0. The number of carbonyl (C=O) groups excluding carboxylic acids is 2. The van der Waals surface area contributed by atoms with Crippen molar-refractivity contribution in [3.05, 3.63) is 36.5 Å². The number of hydrogen-bond acceptors (Lipinski definition) is 5. The molecule has 1 amide bonds. The average molecular weight is 816 g/mol. The first-order chi connectivity index (χ1) is 28.5. The molecule has 0 fully saturated rings. The largest absolute Gasteiger partial charge is 0.466 e. The summed E-state index contributed by atoms with van der Waals surface area (Å²) in [6.45, 7) is 4.79. The van der Waals surface area contributed by atoms with Crippen LogP contribution in [0.25, 0.3) is 0 Å². The van der Waals surface area contributed by atoms with Crippen LogP contribution in [0.3, 0.4) is 0 Å². The van der Waals surface area contributed by atoms with Crippen molar-refractivity contribution >= 4 is 11.9 Å². The summed E-state index contributed by atoms with van der Waals surface area (Å²) in [5, 5.41) is 23.1. The fraction of sp³-hybridized carbons (Fsp3) is 0.846. The number of carbonyl (C=O) groups is 2. The number of allylic oxidation sites excluding steroid dienone is 5. The minimum absolute atomic E-state index is 0.0267. The lowest BCUT2D eigenvalue weighted by Gasteiger charge is -2.20. The molecule has 0 radical (unpaired) electrons. The van der Waals surface area contributed by atoms with E-state index in [2.05, 4.69) is 43.5 Å². The highest BCUT2D eigenvalue weighted by molar-refractivity contribution is 5.76. The first-order valence-corrected chi connectivity index (χ1v) is 25.3. The second-order valence-electron chi connectivity index (χ2n) is 17.1. The molecule has 0 aromatic carbocycles. The SMILES string of the molecule is CCC/C=C\C/C=C\CCCCCCCC(=O)OCCCCCCCCCCCCCCC(=O)NC(CO)C(O)/C=C/CCCCCCCCCCCCCCCC. The van der Waals surface area contributed by atoms with Gasteiger partial charge in [-0.05, 0) is 57.8 Å². The summed E-state index contributed by atoms with van der Waals surface area (Å²) in [5.74, 6) is -0.111. The van der Waals surface area contributed by atoms with Gasteiger partial charge in [0.2, 0.25) is 5.91 Å². The van der Waals surface area contributed by atoms with Crippen LogP contribution >= 0.6 is 0 Å². The van der Waals surface area contributed by atoms with E-state index in [1.54, 1.807) is 6.08 Å². The lowest BCUT2D eigenvalue weighted by atomic mass is 10.0. The van der Waals surface area contributed by atoms with Crippen LogP contribution in [0, 0.1) is 0 Å². The molecular formula is C52H97NO5. The van der Waals surface area contributed by atoms with Gasteiger partial charge in [0.1, 0.15) is 0 Å². The third-order valence-electron chi connectivity index (χ3n) is 11.4. The van der Waals surface area contributed by atoms with E-state index in [4.69, 9.17) is 4.74 Å². The maximum absolute atomic E-state index is 12.4. The zero-order valence-electron chi connectivity index (χ0n) is 38.5. The van der Waals surface area contributed by atoms with Gasteiger partial charge in [-0.25, -0.2) is 0 Å². The predicted octanol–water partition coefficient (Wildman–Crippen LogP) is 14.9. The number of hydrogen-bond donors (Lipinski definition) is 3. The molecule has 0 aliphatic carbocycles. The maximum atomic E-state index is 12.4. The van der Waals surface area contributed by atoms with Gasteiger partial charge < -0.3 is 20.3 Å². The van der Waals surface area contributed by atoms with Crippen LogP contribution in [0.1, 0.15) is 258 Å². The number of amides is 1. The third kappa shape index (κ3) is 43.7. The molecule has 2 atom stereocenters. The molecule has 0 aliphatic rings. The van der Waals surface area contributed by atoms with Crippen LogP contribution in [-0.2, 0) is 14.3 Å². The van der Waals surface area contributed by atoms with Crippen LogP contribution < -0.4 is 5.32 Å². The number of aliphatic hydroxyl groups excluding tert-OH is 2. The lowest BCUT2D eigenvalue weighted by molar-refractivity contribution is -0.143. The molecule has 0 aromatic rings. The van der Waals surface area contributed by atoms with E-state index in [0.29, 0.717) is 19.4 Å². The van der Waals surface area contributed by atoms with Crippen molar-refractivity contribution in [3.63, 3.8) is 0 Å². The molecular weight excluding hydrogens is 719 g/mol. The highest BCUT2D eigenvalue weighted by Gasteiger charge is 2.18. The molecule has 0 bridgehead atoms. The first kappa shape index (κ1) is 56.1. The number of esters is 1. The van der Waals surface area contributed by atoms with Crippen molar-refractivity contribution in [2.45, 2.75) is 270 Å². The number of ether oxygens (including phenoxy) is 1. The second kappa shape index (κ2) is 47.8. The van der Waals surface area contributed by atoms with Crippen molar-refractivity contribution in [2.75, 3.05) is 13.2 Å². The maximum Gasteiger partial charge on any atom is 0.305 e. The molecule has 0 spiro atoms. The Balaban J connectivity index is 3.52. The molecule has 6 nitrogen and oxygen atoms in total. The molecule has 3 N–H and O–H groups in total. The van der Waals surface area contributed by atoms with Gasteiger partial charge in [0.25, 0.3) is 0 Å². The zero-order valence-corrected chi connectivity index (χ0v) is 38.5. The van der Waals surface area contributed by atoms with Gasteiger partial charge in [-0.2, -0.15) is 0 Å². The summed E-state index contributed by atoms with van der Waals surface area (Å²) in [7, 11) is 0. The van der Waals surface area contributed by atoms with E-state index in [1.165, 1.54) is 161 Å². The van der Waals surface area contributed by atoms with Gasteiger partial charge in [-0.3, -0.25) is 9.59 Å². The fourth-order valence-electron chi connectivity index (χ4n) is 7.49. The minimum atomic E-state index is -0.855. The van der Waals surface area contributed by atoms with Crippen LogP contribution in [0.4, 0.5) is 0 Å². The highest BCUT2D eigenvalue weighted by atomic mass is 16.5. The van der Waals surface area contributed by atoms with Crippen LogP contribution in [0.2, 0.25) is 0 Å². The zero-order chi connectivity index (χ0) is 42.3. The molecule has 2 unspecified atom stereocenters. The topological polar surface area (TPSA) is 95.9 Å². The number of aliphatic hydroxyl groups is 2. The van der Waals surface area contributed by atoms with E-state index in [1.807, 2.05) is 6.08 Å². The van der Waals surface area contributed by atoms with Gasteiger partial charge in [0.15, 0.2) is 0 Å². The Bertz CT molecular complexity index is 946. The molecule has 0 aliphatic heterocycles. The van der Waals surface area contributed by atoms with E-state index in [9.17, 15) is 19.8 Å². The fourth-order valence-corrected chi connectivity index (χ4v) is 7.49. The Morgan fingerprint density at radius 1 is 0.483 bits per heavy atom. The Morgan fingerprint density at radius 3 is 1.38 bits per heavy atom. The Labute approximate surface area is 360 Å². The third-order valence-corrected chi connectivity index (χ3v) is 11.4. The summed E-state index contributed by atoms with van der Waals surface area (Å²) in [4.78, 5) is 24.4. The van der Waals surface area contributed by atoms with Gasteiger partial charge in [-0.15, -0.1) is 0 Å². The quantitative estimate of drug-likeness (QED) is 0.0323. The smallest absolute Gasteiger partial charge is 0.305 e. The molecule has 340 valence electrons. The van der Waals surface area contributed by atoms with Crippen molar-refractivity contribution < 1.29 is 24.5 Å². The summed E-state index contributed by atoms with van der Waals surface area (Å²) in [5.41, 5.74) is 0. The number of nitrogens with one attached hydrogen (secondary N) is 1. The normalized spacial score (nSPS) is 13.0. The Morgan fingerprint density at radius 2 is 0.897 bits per heavy atom. The average Bonchev–Trinajstić information content (AvgIpc) is 3.22. The number of unbranched alkanes of at least 4 members (excludes halogenated alkanes) is 31. The van der Waals surface area contributed by atoms with E-state index >= 15 is 0 Å². The van der Waals surface area contributed by atoms with E-state index in [-0.39, 0.29) is 18.5 Å². The van der Waals surface area contributed by atoms with Crippen molar-refractivity contribution in [3.8, 4) is 0 Å². The predicted molar refractivity (Wildman–Crippen MR) is 250 cm³/mol. The van der Waals surface area contributed by atoms with Crippen molar-refractivity contribution in [1.29, 1.82) is 0 Å². The number of rotatable bonds is 46. The monoisotopic (exact) mass is 816 g/mol. The van der Waals surface area contributed by atoms with Gasteiger partial charge in [-0.1, -0.05) is 224 Å². The molecule has 58 heavy (non-hydrogen) atoms. The van der Waals surface area contributed by atoms with Crippen LogP contribution in [0.5, 0.6) is 0 Å². The summed E-state index contributed by atoms with van der Waals surface area (Å²) in [6, 6.07) is -0.640. The molecule has 0 aromatic heterocycles. The highest BCUT2D eigenvalue weighted by Crippen LogP contribution is 2.15. The second-order valence-corrected chi connectivity index (χ2v) is 17.1. The first-order valence-electron chi connectivity index (χ1n) is 25.3. The van der Waals surface area contributed by atoms with E-state index in [0.717, 1.165) is 70.6 Å². The standard InChI is InChI=1S/C52H97NO5/c1-3-5-7-9-11-13-15-17-18-19-21-24-28-32-36-40-44-50(55)49(48-54)53-51(56)45-41-37-33-29-25-22-23-27-31-35-39-43-47-58-52(57)46-42-38-34-30-26-20-16-14-12-10-8-6-4-2/h8,10,14,16,40,44,49-50,54-55H,3-7,9,11-13,15,17-39,41-43,45-48H2,1-2H3,(H,53,56)/b10-8-,16-14-,44-40+. The Kier molecular flexibility index (Phi) is 46.2. The van der Waals surface area contributed by atoms with E-state index < -0.39 is 12.1 Å². The Hall–Kier alpha value is -1.92. The van der Waals surface area contributed by atoms with Crippen molar-refractivity contribution in [2.24, 2.45) is 0 Å². The molecule has 0 saturated carbocycles. The van der Waals surface area contributed by atoms with Gasteiger partial charge >= 0.3 is 5.97 Å². The molecule has 0 rings (SSSR count). The minimum Gasteiger partial charge on any atom is -0.466 e. The summed E-state index contributed by atoms with van der Waals surface area (Å²) >= 11 is 0. The van der Waals surface area contributed by atoms with Crippen LogP contribution in [0.15, 0.2) is 36.5 Å². The molecule has 6 heteroatoms. The van der Waals surface area contributed by atoms with Gasteiger partial charge in [0, 0.05) is 12.8 Å². The molecule has 0 saturated heterocycles. The molecule has 0 heterocycles.